The third-order valence-corrected chi connectivity index (χ3v) is 3.55. The summed E-state index contributed by atoms with van der Waals surface area (Å²) in [7, 11) is 8.28. The maximum atomic E-state index is 6.25. The van der Waals surface area contributed by atoms with E-state index in [4.69, 9.17) is 9.47 Å². The standard InChI is InChI=1S/C19H26NO2/c1-20(2,3)14-13-19(16-9-6-5-7-10-16)22-18-12-8-11-17(15-18)21-4/h5-12,15,19H,13-14H2,1-4H3/q+1. The van der Waals surface area contributed by atoms with E-state index in [1.807, 2.05) is 30.3 Å². The fourth-order valence-electron chi connectivity index (χ4n) is 2.30. The van der Waals surface area contributed by atoms with Crippen molar-refractivity contribution in [3.8, 4) is 11.5 Å². The van der Waals surface area contributed by atoms with Gasteiger partial charge in [0.1, 0.15) is 17.6 Å². The normalized spacial score (nSPS) is 12.7. The maximum Gasteiger partial charge on any atom is 0.129 e. The molecule has 3 heteroatoms. The summed E-state index contributed by atoms with van der Waals surface area (Å²) in [4.78, 5) is 0. The molecule has 0 fully saturated rings. The van der Waals surface area contributed by atoms with Gasteiger partial charge >= 0.3 is 0 Å². The smallest absolute Gasteiger partial charge is 0.129 e. The number of hydrogen-bond donors (Lipinski definition) is 0. The van der Waals surface area contributed by atoms with Crippen molar-refractivity contribution in [2.24, 2.45) is 0 Å². The van der Waals surface area contributed by atoms with E-state index in [9.17, 15) is 0 Å². The first-order valence-corrected chi connectivity index (χ1v) is 7.64. The Labute approximate surface area is 133 Å². The minimum atomic E-state index is 0.0469. The van der Waals surface area contributed by atoms with Crippen LogP contribution in [0.5, 0.6) is 11.5 Å². The van der Waals surface area contributed by atoms with Gasteiger partial charge in [-0.3, -0.25) is 0 Å². The molecule has 0 saturated heterocycles. The van der Waals surface area contributed by atoms with Crippen LogP contribution < -0.4 is 9.47 Å². The Hall–Kier alpha value is -2.00. The van der Waals surface area contributed by atoms with Crippen LogP contribution in [0.2, 0.25) is 0 Å². The van der Waals surface area contributed by atoms with E-state index in [-0.39, 0.29) is 6.10 Å². The lowest BCUT2D eigenvalue weighted by Crippen LogP contribution is -2.36. The highest BCUT2D eigenvalue weighted by atomic mass is 16.5. The van der Waals surface area contributed by atoms with Gasteiger partial charge < -0.3 is 14.0 Å². The summed E-state index contributed by atoms with van der Waals surface area (Å²) in [6.07, 6.45) is 1.01. The van der Waals surface area contributed by atoms with Crippen molar-refractivity contribution < 1.29 is 14.0 Å². The molecule has 0 radical (unpaired) electrons. The molecule has 1 unspecified atom stereocenters. The summed E-state index contributed by atoms with van der Waals surface area (Å²) in [5.41, 5.74) is 1.21. The third-order valence-electron chi connectivity index (χ3n) is 3.55. The molecule has 0 bridgehead atoms. The number of quaternary nitrogens is 1. The van der Waals surface area contributed by atoms with Crippen molar-refractivity contribution in [2.75, 3.05) is 34.8 Å². The van der Waals surface area contributed by atoms with Gasteiger partial charge in [0.25, 0.3) is 0 Å². The Balaban J connectivity index is 2.16. The van der Waals surface area contributed by atoms with Gasteiger partial charge in [0.2, 0.25) is 0 Å². The van der Waals surface area contributed by atoms with E-state index in [0.717, 1.165) is 28.9 Å². The van der Waals surface area contributed by atoms with Crippen molar-refractivity contribution in [3.63, 3.8) is 0 Å². The summed E-state index contributed by atoms with van der Waals surface area (Å²) in [6, 6.07) is 18.2. The molecule has 3 nitrogen and oxygen atoms in total. The minimum absolute atomic E-state index is 0.0469. The Morgan fingerprint density at radius 1 is 0.909 bits per heavy atom. The molecule has 0 aromatic heterocycles. The summed E-state index contributed by atoms with van der Waals surface area (Å²) in [5, 5.41) is 0. The van der Waals surface area contributed by atoms with Gasteiger partial charge in [-0.05, 0) is 17.7 Å². The van der Waals surface area contributed by atoms with Gasteiger partial charge in [-0.25, -0.2) is 0 Å². The molecule has 2 aromatic carbocycles. The zero-order chi connectivity index (χ0) is 16.0. The van der Waals surface area contributed by atoms with Crippen molar-refractivity contribution in [2.45, 2.75) is 12.5 Å². The minimum Gasteiger partial charge on any atom is -0.497 e. The van der Waals surface area contributed by atoms with E-state index in [1.165, 1.54) is 5.56 Å². The van der Waals surface area contributed by atoms with Gasteiger partial charge in [0.15, 0.2) is 0 Å². The first kappa shape index (κ1) is 16.4. The second-order valence-corrected chi connectivity index (χ2v) is 6.50. The number of nitrogens with zero attached hydrogens (tertiary/aromatic N) is 1. The Morgan fingerprint density at radius 2 is 1.59 bits per heavy atom. The lowest BCUT2D eigenvalue weighted by atomic mass is 10.1. The summed E-state index contributed by atoms with van der Waals surface area (Å²) in [6.45, 7) is 1.05. The van der Waals surface area contributed by atoms with Crippen LogP contribution in [-0.4, -0.2) is 39.3 Å². The van der Waals surface area contributed by atoms with Crippen LogP contribution in [0.4, 0.5) is 0 Å². The highest BCUT2D eigenvalue weighted by Gasteiger charge is 2.18. The van der Waals surface area contributed by atoms with E-state index >= 15 is 0 Å². The highest BCUT2D eigenvalue weighted by Crippen LogP contribution is 2.27. The molecule has 1 atom stereocenters. The average molecular weight is 300 g/mol. The number of benzene rings is 2. The molecule has 2 aromatic rings. The van der Waals surface area contributed by atoms with Gasteiger partial charge in [-0.1, -0.05) is 36.4 Å². The van der Waals surface area contributed by atoms with Crippen molar-refractivity contribution in [3.05, 3.63) is 60.2 Å². The molecule has 0 N–H and O–H groups in total. The number of hydrogen-bond acceptors (Lipinski definition) is 2. The van der Waals surface area contributed by atoms with E-state index in [0.29, 0.717) is 0 Å². The molecule has 0 saturated carbocycles. The van der Waals surface area contributed by atoms with E-state index in [1.54, 1.807) is 7.11 Å². The van der Waals surface area contributed by atoms with Crippen molar-refractivity contribution in [1.29, 1.82) is 0 Å². The van der Waals surface area contributed by atoms with Gasteiger partial charge in [0, 0.05) is 12.5 Å². The second kappa shape index (κ2) is 7.32. The monoisotopic (exact) mass is 300 g/mol. The lowest BCUT2D eigenvalue weighted by Gasteiger charge is -2.27. The average Bonchev–Trinajstić information content (AvgIpc) is 2.51. The molecular formula is C19H26NO2+. The largest absolute Gasteiger partial charge is 0.497 e. The van der Waals surface area contributed by atoms with Crippen LogP contribution in [-0.2, 0) is 0 Å². The number of methoxy groups -OCH3 is 1. The molecule has 0 aliphatic rings. The molecule has 0 aliphatic carbocycles. The maximum absolute atomic E-state index is 6.25. The molecule has 0 spiro atoms. The van der Waals surface area contributed by atoms with Crippen molar-refractivity contribution in [1.82, 2.24) is 0 Å². The molecule has 0 aliphatic heterocycles. The first-order valence-electron chi connectivity index (χ1n) is 7.64. The van der Waals surface area contributed by atoms with Crippen LogP contribution in [0.3, 0.4) is 0 Å². The summed E-state index contributed by atoms with van der Waals surface area (Å²) in [5.74, 6) is 1.66. The predicted molar refractivity (Wildman–Crippen MR) is 90.3 cm³/mol. The molecule has 118 valence electrons. The number of rotatable bonds is 7. The highest BCUT2D eigenvalue weighted by molar-refractivity contribution is 5.33. The molecule has 0 amide bonds. The Bertz CT molecular complexity index is 575. The summed E-state index contributed by atoms with van der Waals surface area (Å²) < 4.78 is 12.4. The molecule has 0 heterocycles. The van der Waals surface area contributed by atoms with E-state index < -0.39 is 0 Å². The van der Waals surface area contributed by atoms with Crippen LogP contribution in [0, 0.1) is 0 Å². The van der Waals surface area contributed by atoms with Crippen LogP contribution in [0.1, 0.15) is 18.1 Å². The SMILES string of the molecule is COc1cccc(OC(CC[N+](C)(C)C)c2ccccc2)c1. The Kier molecular flexibility index (Phi) is 5.45. The molecule has 22 heavy (non-hydrogen) atoms. The summed E-state index contributed by atoms with van der Waals surface area (Å²) >= 11 is 0. The van der Waals surface area contributed by atoms with Gasteiger partial charge in [-0.2, -0.15) is 0 Å². The molecular weight excluding hydrogens is 274 g/mol. The lowest BCUT2D eigenvalue weighted by molar-refractivity contribution is -0.870. The fraction of sp³-hybridized carbons (Fsp3) is 0.368. The zero-order valence-corrected chi connectivity index (χ0v) is 14.0. The van der Waals surface area contributed by atoms with Gasteiger partial charge in [-0.15, -0.1) is 0 Å². The fourth-order valence-corrected chi connectivity index (χ4v) is 2.30. The number of ether oxygens (including phenoxy) is 2. The first-order chi connectivity index (χ1) is 10.5. The molecule has 2 rings (SSSR count). The second-order valence-electron chi connectivity index (χ2n) is 6.50. The van der Waals surface area contributed by atoms with Crippen LogP contribution in [0.15, 0.2) is 54.6 Å². The quantitative estimate of drug-likeness (QED) is 0.722. The zero-order valence-electron chi connectivity index (χ0n) is 14.0. The third kappa shape index (κ3) is 5.08. The van der Waals surface area contributed by atoms with Crippen molar-refractivity contribution >= 4 is 0 Å². The van der Waals surface area contributed by atoms with Crippen LogP contribution in [0.25, 0.3) is 0 Å². The van der Waals surface area contributed by atoms with Gasteiger partial charge in [0.05, 0.1) is 34.8 Å². The van der Waals surface area contributed by atoms with E-state index in [2.05, 4.69) is 45.4 Å². The topological polar surface area (TPSA) is 18.5 Å². The Morgan fingerprint density at radius 3 is 2.23 bits per heavy atom. The van der Waals surface area contributed by atoms with Crippen LogP contribution >= 0.6 is 0 Å². The predicted octanol–water partition coefficient (Wildman–Crippen LogP) is 3.91.